The van der Waals surface area contributed by atoms with Crippen LogP contribution in [0.5, 0.6) is 0 Å². The van der Waals surface area contributed by atoms with Crippen LogP contribution in [0.1, 0.15) is 33.4 Å². The molecule has 0 N–H and O–H groups in total. The number of hydrogen-bond donors (Lipinski definition) is 0. The number of aryl methyl sites for hydroxylation is 6. The molecule has 8 aromatic rings. The van der Waals surface area contributed by atoms with Gasteiger partial charge in [0.2, 0.25) is 0 Å². The van der Waals surface area contributed by atoms with E-state index in [0.29, 0.717) is 0 Å². The van der Waals surface area contributed by atoms with E-state index in [1.807, 2.05) is 0 Å². The zero-order valence-electron chi connectivity index (χ0n) is 34.8. The molecule has 0 unspecified atom stereocenters. The monoisotopic (exact) mass is 1030 g/mol. The molecule has 59 heavy (non-hydrogen) atoms. The zero-order valence-corrected chi connectivity index (χ0v) is 42.0. The van der Waals surface area contributed by atoms with E-state index in [0.717, 1.165) is 0 Å². The van der Waals surface area contributed by atoms with E-state index in [9.17, 15) is 0 Å². The van der Waals surface area contributed by atoms with Crippen LogP contribution in [-0.4, -0.2) is 32.0 Å². The van der Waals surface area contributed by atoms with Crippen molar-refractivity contribution in [3.05, 3.63) is 240 Å². The van der Waals surface area contributed by atoms with Crippen molar-refractivity contribution in [2.24, 2.45) is 0 Å². The molecule has 298 valence electrons. The summed E-state index contributed by atoms with van der Waals surface area (Å²) < 4.78 is 2.59. The molecular formula is C54H54P2RuSe2+2. The molecule has 0 heterocycles. The summed E-state index contributed by atoms with van der Waals surface area (Å²) in [6, 6.07) is 73.8. The Morgan fingerprint density at radius 2 is 0.424 bits per heavy atom. The molecule has 8 aromatic carbocycles. The first-order valence-electron chi connectivity index (χ1n) is 19.7. The van der Waals surface area contributed by atoms with Gasteiger partial charge in [0.05, 0.1) is 15.8 Å². The third-order valence-electron chi connectivity index (χ3n) is 9.58. The minimum absolute atomic E-state index is 0. The van der Waals surface area contributed by atoms with Gasteiger partial charge in [-0.15, -0.1) is 0 Å². The SMILES string of the molecule is Cc1cc(C)c([Se-])c(C)c1.Cc1cc(C)c([Se-])c(C)c1.[Ru+2].c1ccc([PH+](c2ccccc2)c2ccccc2)cc1.c1ccc([PH+](c2ccccc2)c2ccccc2)cc1. The molecule has 0 aliphatic heterocycles. The van der Waals surface area contributed by atoms with Gasteiger partial charge in [0, 0.05) is 0 Å². The Morgan fingerprint density at radius 1 is 0.271 bits per heavy atom. The zero-order chi connectivity index (χ0) is 41.3. The van der Waals surface area contributed by atoms with Crippen LogP contribution in [0.4, 0.5) is 0 Å². The van der Waals surface area contributed by atoms with Crippen LogP contribution in [-0.2, 0) is 19.5 Å². The Hall–Kier alpha value is -3.72. The Morgan fingerprint density at radius 3 is 0.576 bits per heavy atom. The minimum atomic E-state index is -0.877. The van der Waals surface area contributed by atoms with Crippen LogP contribution in [0.2, 0.25) is 0 Å². The average Bonchev–Trinajstić information content (AvgIpc) is 3.25. The van der Waals surface area contributed by atoms with E-state index in [1.54, 1.807) is 0 Å². The number of benzene rings is 8. The molecule has 0 fully saturated rings. The molecule has 5 heteroatoms. The van der Waals surface area contributed by atoms with Crippen molar-refractivity contribution < 1.29 is 19.5 Å². The minimum Gasteiger partial charge on any atom is -0.0620 e. The molecule has 0 saturated carbocycles. The summed E-state index contributed by atoms with van der Waals surface area (Å²) in [5.41, 5.74) is 8.06. The van der Waals surface area contributed by atoms with E-state index in [1.165, 1.54) is 74.1 Å². The van der Waals surface area contributed by atoms with Gasteiger partial charge in [0.15, 0.2) is 0 Å². The number of hydrogen-bond acceptors (Lipinski definition) is 0. The molecule has 0 radical (unpaired) electrons. The van der Waals surface area contributed by atoms with Gasteiger partial charge in [0.25, 0.3) is 0 Å². The maximum atomic E-state index is 3.07. The van der Waals surface area contributed by atoms with Gasteiger partial charge < -0.3 is 0 Å². The summed E-state index contributed by atoms with van der Waals surface area (Å²) in [6.07, 6.45) is 0. The van der Waals surface area contributed by atoms with Crippen LogP contribution >= 0.6 is 15.8 Å². The van der Waals surface area contributed by atoms with Crippen molar-refractivity contribution in [3.8, 4) is 0 Å². The first-order valence-corrected chi connectivity index (χ1v) is 24.4. The van der Waals surface area contributed by atoms with Crippen molar-refractivity contribution in [1.82, 2.24) is 0 Å². The second kappa shape index (κ2) is 25.1. The smallest absolute Gasteiger partial charge is 0.0620 e. The van der Waals surface area contributed by atoms with Gasteiger partial charge in [-0.1, -0.05) is 109 Å². The molecule has 0 bridgehead atoms. The predicted molar refractivity (Wildman–Crippen MR) is 265 cm³/mol. The van der Waals surface area contributed by atoms with E-state index in [4.69, 9.17) is 0 Å². The van der Waals surface area contributed by atoms with Gasteiger partial charge >= 0.3 is 160 Å². The van der Waals surface area contributed by atoms with E-state index in [2.05, 4.69) is 280 Å². The third-order valence-corrected chi connectivity index (χ3v) is 17.8. The summed E-state index contributed by atoms with van der Waals surface area (Å²) in [7, 11) is -1.75. The quantitative estimate of drug-likeness (QED) is 0.115. The maximum absolute atomic E-state index is 3.07. The van der Waals surface area contributed by atoms with Crippen LogP contribution in [0.3, 0.4) is 0 Å². The van der Waals surface area contributed by atoms with Crippen LogP contribution in [0.15, 0.2) is 206 Å². The molecule has 0 atom stereocenters. The normalized spacial score (nSPS) is 10.2. The largest absolute Gasteiger partial charge is 2.00 e. The molecule has 0 spiro atoms. The topological polar surface area (TPSA) is 0 Å². The Bertz CT molecular complexity index is 2000. The van der Waals surface area contributed by atoms with Gasteiger partial charge in [-0.2, -0.15) is 0 Å². The summed E-state index contributed by atoms with van der Waals surface area (Å²) in [5.74, 6) is 0. The molecule has 0 aliphatic carbocycles. The van der Waals surface area contributed by atoms with Crippen molar-refractivity contribution in [3.63, 3.8) is 0 Å². The molecule has 0 saturated heterocycles. The fraction of sp³-hybridized carbons (Fsp3) is 0.111. The van der Waals surface area contributed by atoms with Crippen LogP contribution < -0.4 is 40.8 Å². The number of rotatable bonds is 6. The van der Waals surface area contributed by atoms with Gasteiger partial charge in [0.1, 0.15) is 31.8 Å². The van der Waals surface area contributed by atoms with Crippen molar-refractivity contribution in [1.29, 1.82) is 0 Å². The first-order chi connectivity index (χ1) is 28.1. The maximum Gasteiger partial charge on any atom is 2.00 e. The Labute approximate surface area is 386 Å². The van der Waals surface area contributed by atoms with E-state index in [-0.39, 0.29) is 19.5 Å². The molecule has 0 aliphatic rings. The molecule has 0 nitrogen and oxygen atoms in total. The Balaban J connectivity index is 0.000000181. The average molecular weight is 1020 g/mol. The van der Waals surface area contributed by atoms with Crippen molar-refractivity contribution >= 4 is 88.6 Å². The van der Waals surface area contributed by atoms with Gasteiger partial charge in [-0.3, -0.25) is 0 Å². The fourth-order valence-corrected chi connectivity index (χ4v) is 12.6. The van der Waals surface area contributed by atoms with Crippen molar-refractivity contribution in [2.75, 3.05) is 0 Å². The second-order valence-electron chi connectivity index (χ2n) is 14.4. The third kappa shape index (κ3) is 14.8. The van der Waals surface area contributed by atoms with E-state index >= 15 is 0 Å². The van der Waals surface area contributed by atoms with E-state index < -0.39 is 15.8 Å². The second-order valence-corrected chi connectivity index (χ2v) is 21.1. The molecule has 8 rings (SSSR count). The summed E-state index contributed by atoms with van der Waals surface area (Å²) in [4.78, 5) is 0. The Kier molecular flexibility index (Phi) is 20.4. The van der Waals surface area contributed by atoms with Gasteiger partial charge in [-0.05, 0) is 72.8 Å². The molecule has 0 amide bonds. The van der Waals surface area contributed by atoms with Crippen molar-refractivity contribution in [2.45, 2.75) is 41.5 Å². The summed E-state index contributed by atoms with van der Waals surface area (Å²) in [5, 5.41) is 8.61. The van der Waals surface area contributed by atoms with Gasteiger partial charge in [-0.25, -0.2) is 0 Å². The molecular weight excluding hydrogens is 970 g/mol. The molecule has 0 aromatic heterocycles. The first kappa shape index (κ1) is 48.0. The summed E-state index contributed by atoms with van der Waals surface area (Å²) in [6.45, 7) is 12.8. The van der Waals surface area contributed by atoms with Crippen LogP contribution in [0, 0.1) is 41.5 Å². The fourth-order valence-electron chi connectivity index (χ4n) is 6.96. The summed E-state index contributed by atoms with van der Waals surface area (Å²) >= 11 is 6.13. The standard InChI is InChI=1S/2C18H15P.2C9H12Se.Ru/c2*1-4-10-16(11-5-1)19(17-12-6-2-7-13-17)18-14-8-3-9-15-18;2*1-6-4-7(2)9(10)8(3)5-6;/h2*1-15H;2*4-5,10H,1-3H3;/q;;;;+2. The van der Waals surface area contributed by atoms with Crippen LogP contribution in [0.25, 0.3) is 0 Å². The predicted octanol–water partition coefficient (Wildman–Crippen LogP) is 9.16.